The molecule has 0 aliphatic rings. The van der Waals surface area contributed by atoms with Crippen LogP contribution in [0.2, 0.25) is 0 Å². The number of rotatable bonds is 6. The van der Waals surface area contributed by atoms with E-state index in [0.717, 1.165) is 0 Å². The second-order valence-electron chi connectivity index (χ2n) is 5.84. The van der Waals surface area contributed by atoms with Crippen molar-refractivity contribution in [2.45, 2.75) is 46.5 Å². The fourth-order valence-corrected chi connectivity index (χ4v) is 2.70. The Hall–Kier alpha value is -1.82. The van der Waals surface area contributed by atoms with Crippen LogP contribution in [0.5, 0.6) is 0 Å². The van der Waals surface area contributed by atoms with Gasteiger partial charge in [0.25, 0.3) is 0 Å². The normalized spacial score (nSPS) is 11.2. The van der Waals surface area contributed by atoms with Crippen molar-refractivity contribution in [3.05, 3.63) is 70.3 Å². The Bertz CT molecular complexity index is 585. The quantitative estimate of drug-likeness (QED) is 0.435. The molecule has 0 heteroatoms. The van der Waals surface area contributed by atoms with Crippen LogP contribution in [0.15, 0.2) is 42.5 Å². The van der Waals surface area contributed by atoms with Crippen molar-refractivity contribution in [2.75, 3.05) is 0 Å². The third kappa shape index (κ3) is 4.60. The molecule has 0 radical (unpaired) electrons. The van der Waals surface area contributed by atoms with Crippen LogP contribution in [0.1, 0.15) is 54.0 Å². The molecule has 2 rings (SSSR count). The van der Waals surface area contributed by atoms with E-state index in [1.807, 2.05) is 0 Å². The van der Waals surface area contributed by atoms with Crippen LogP contribution in [-0.2, 0) is 6.42 Å². The molecule has 0 saturated carbocycles. The summed E-state index contributed by atoms with van der Waals surface area (Å²) in [7, 11) is 0. The third-order valence-corrected chi connectivity index (χ3v) is 4.00. The van der Waals surface area contributed by atoms with Gasteiger partial charge in [-0.25, -0.2) is 0 Å². The Morgan fingerprint density at radius 1 is 0.857 bits per heavy atom. The van der Waals surface area contributed by atoms with E-state index in [1.54, 1.807) is 0 Å². The lowest BCUT2D eigenvalue weighted by Crippen LogP contribution is -1.87. The molecule has 2 aromatic rings. The van der Waals surface area contributed by atoms with Crippen molar-refractivity contribution in [1.29, 1.82) is 0 Å². The van der Waals surface area contributed by atoms with Gasteiger partial charge in [-0.1, -0.05) is 74.4 Å². The molecule has 21 heavy (non-hydrogen) atoms. The Morgan fingerprint density at radius 3 is 2.29 bits per heavy atom. The van der Waals surface area contributed by atoms with Crippen LogP contribution in [0.25, 0.3) is 12.2 Å². The highest BCUT2D eigenvalue weighted by Crippen LogP contribution is 2.18. The smallest absolute Gasteiger partial charge is 0.0198 e. The first-order chi connectivity index (χ1) is 10.2. The van der Waals surface area contributed by atoms with Gasteiger partial charge in [0.1, 0.15) is 0 Å². The van der Waals surface area contributed by atoms with Crippen molar-refractivity contribution in [3.8, 4) is 0 Å². The molecule has 0 atom stereocenters. The fraction of sp³-hybridized carbons (Fsp3) is 0.333. The first kappa shape index (κ1) is 15.6. The van der Waals surface area contributed by atoms with Crippen molar-refractivity contribution in [2.24, 2.45) is 0 Å². The Morgan fingerprint density at radius 2 is 1.57 bits per heavy atom. The largest absolute Gasteiger partial charge is 0.0654 e. The molecule has 0 nitrogen and oxygen atoms in total. The van der Waals surface area contributed by atoms with Crippen LogP contribution in [0.4, 0.5) is 0 Å². The van der Waals surface area contributed by atoms with Crippen molar-refractivity contribution in [3.63, 3.8) is 0 Å². The van der Waals surface area contributed by atoms with Gasteiger partial charge in [-0.15, -0.1) is 0 Å². The summed E-state index contributed by atoms with van der Waals surface area (Å²) < 4.78 is 0. The number of aryl methyl sites for hydroxylation is 3. The predicted octanol–water partition coefficient (Wildman–Crippen LogP) is 6.21. The second kappa shape index (κ2) is 7.83. The molecule has 0 fully saturated rings. The highest BCUT2D eigenvalue weighted by molar-refractivity contribution is 5.72. The highest BCUT2D eigenvalue weighted by Gasteiger charge is 1.98. The van der Waals surface area contributed by atoms with E-state index in [0.29, 0.717) is 0 Å². The Labute approximate surface area is 129 Å². The molecule has 0 saturated heterocycles. The topological polar surface area (TPSA) is 0 Å². The van der Waals surface area contributed by atoms with Crippen LogP contribution in [-0.4, -0.2) is 0 Å². The minimum Gasteiger partial charge on any atom is -0.0654 e. The molecule has 0 spiro atoms. The summed E-state index contributed by atoms with van der Waals surface area (Å²) in [5.74, 6) is 0. The van der Waals surface area contributed by atoms with Gasteiger partial charge in [-0.05, 0) is 54.5 Å². The van der Waals surface area contributed by atoms with Gasteiger partial charge in [-0.3, -0.25) is 0 Å². The van der Waals surface area contributed by atoms with Gasteiger partial charge >= 0.3 is 0 Å². The minimum atomic E-state index is 1.19. The second-order valence-corrected chi connectivity index (χ2v) is 5.84. The van der Waals surface area contributed by atoms with Crippen molar-refractivity contribution in [1.82, 2.24) is 0 Å². The minimum absolute atomic E-state index is 1.19. The summed E-state index contributed by atoms with van der Waals surface area (Å²) in [6.07, 6.45) is 9.57. The highest BCUT2D eigenvalue weighted by atomic mass is 14.0. The van der Waals surface area contributed by atoms with Gasteiger partial charge in [0.05, 0.1) is 0 Å². The van der Waals surface area contributed by atoms with Gasteiger partial charge in [0.15, 0.2) is 0 Å². The van der Waals surface area contributed by atoms with E-state index in [9.17, 15) is 0 Å². The van der Waals surface area contributed by atoms with E-state index >= 15 is 0 Å². The maximum Gasteiger partial charge on any atom is -0.0198 e. The van der Waals surface area contributed by atoms with E-state index < -0.39 is 0 Å². The van der Waals surface area contributed by atoms with E-state index in [-0.39, 0.29) is 0 Å². The maximum atomic E-state index is 2.32. The average Bonchev–Trinajstić information content (AvgIpc) is 2.47. The summed E-state index contributed by atoms with van der Waals surface area (Å²) in [6.45, 7) is 6.60. The summed E-state index contributed by atoms with van der Waals surface area (Å²) in [4.78, 5) is 0. The number of unbranched alkanes of at least 4 members (excludes halogenated alkanes) is 2. The SMILES string of the molecule is CCCCCc1cccc(/C=C/c2c(C)cccc2C)c1. The summed E-state index contributed by atoms with van der Waals surface area (Å²) in [5.41, 5.74) is 6.77. The van der Waals surface area contributed by atoms with E-state index in [1.165, 1.54) is 53.5 Å². The number of hydrogen-bond acceptors (Lipinski definition) is 0. The predicted molar refractivity (Wildman–Crippen MR) is 94.5 cm³/mol. The van der Waals surface area contributed by atoms with Crippen molar-refractivity contribution >= 4 is 12.2 Å². The summed E-state index contributed by atoms with van der Waals surface area (Å²) >= 11 is 0. The monoisotopic (exact) mass is 278 g/mol. The van der Waals surface area contributed by atoms with Gasteiger partial charge in [0.2, 0.25) is 0 Å². The van der Waals surface area contributed by atoms with Gasteiger partial charge in [-0.2, -0.15) is 0 Å². The first-order valence-electron chi connectivity index (χ1n) is 8.04. The fourth-order valence-electron chi connectivity index (χ4n) is 2.70. The van der Waals surface area contributed by atoms with Crippen LogP contribution >= 0.6 is 0 Å². The van der Waals surface area contributed by atoms with Crippen LogP contribution < -0.4 is 0 Å². The van der Waals surface area contributed by atoms with Gasteiger partial charge in [0, 0.05) is 0 Å². The zero-order valence-corrected chi connectivity index (χ0v) is 13.5. The zero-order chi connectivity index (χ0) is 15.1. The molecular formula is C21H26. The lowest BCUT2D eigenvalue weighted by Gasteiger charge is -2.05. The van der Waals surface area contributed by atoms with Crippen LogP contribution in [0, 0.1) is 13.8 Å². The molecule has 0 unspecified atom stereocenters. The summed E-state index contributed by atoms with van der Waals surface area (Å²) in [5, 5.41) is 0. The molecule has 0 N–H and O–H groups in total. The number of benzene rings is 2. The molecular weight excluding hydrogens is 252 g/mol. The standard InChI is InChI=1S/C21H26/c1-4-5-6-11-19-12-8-13-20(16-19)14-15-21-17(2)9-7-10-18(21)3/h7-10,12-16H,4-6,11H2,1-3H3/b15-14+. The molecule has 110 valence electrons. The molecule has 0 amide bonds. The molecule has 0 aliphatic heterocycles. The molecule has 0 aliphatic carbocycles. The molecule has 0 heterocycles. The lowest BCUT2D eigenvalue weighted by molar-refractivity contribution is 0.717. The molecule has 0 bridgehead atoms. The van der Waals surface area contributed by atoms with Crippen molar-refractivity contribution < 1.29 is 0 Å². The lowest BCUT2D eigenvalue weighted by atomic mass is 10.0. The molecule has 2 aromatic carbocycles. The maximum absolute atomic E-state index is 2.32. The Kier molecular flexibility index (Phi) is 5.80. The average molecular weight is 278 g/mol. The summed E-state index contributed by atoms with van der Waals surface area (Å²) in [6, 6.07) is 15.4. The van der Waals surface area contributed by atoms with Crippen LogP contribution in [0.3, 0.4) is 0 Å². The molecule has 0 aromatic heterocycles. The zero-order valence-electron chi connectivity index (χ0n) is 13.5. The third-order valence-electron chi connectivity index (χ3n) is 4.00. The Balaban J connectivity index is 2.12. The van der Waals surface area contributed by atoms with Gasteiger partial charge < -0.3 is 0 Å². The van der Waals surface area contributed by atoms with E-state index in [4.69, 9.17) is 0 Å². The number of hydrogen-bond donors (Lipinski definition) is 0. The van der Waals surface area contributed by atoms with E-state index in [2.05, 4.69) is 75.4 Å². The first-order valence-corrected chi connectivity index (χ1v) is 8.04.